The average Bonchev–Trinajstić information content (AvgIpc) is 3.42. The highest BCUT2D eigenvalue weighted by molar-refractivity contribution is 6.31. The summed E-state index contributed by atoms with van der Waals surface area (Å²) in [4.78, 5) is 74.1. The second kappa shape index (κ2) is 14.6. The van der Waals surface area contributed by atoms with Crippen LogP contribution in [0.5, 0.6) is 5.75 Å². The van der Waals surface area contributed by atoms with Crippen LogP contribution in [0.25, 0.3) is 0 Å². The first-order valence-corrected chi connectivity index (χ1v) is 18.8. The summed E-state index contributed by atoms with van der Waals surface area (Å²) < 4.78 is 6.35. The molecule has 15 heteroatoms. The van der Waals surface area contributed by atoms with Crippen molar-refractivity contribution in [1.29, 1.82) is 5.26 Å². The predicted molar refractivity (Wildman–Crippen MR) is 204 cm³/mol. The van der Waals surface area contributed by atoms with Crippen LogP contribution in [-0.4, -0.2) is 102 Å². The van der Waals surface area contributed by atoms with Crippen molar-refractivity contribution in [2.75, 3.05) is 49.5 Å². The molecule has 1 saturated carbocycles. The van der Waals surface area contributed by atoms with Gasteiger partial charge in [-0.1, -0.05) is 45.4 Å². The minimum Gasteiger partial charge on any atom is -0.489 e. The molecule has 286 valence electrons. The van der Waals surface area contributed by atoms with Gasteiger partial charge in [0.2, 0.25) is 11.8 Å². The van der Waals surface area contributed by atoms with Crippen molar-refractivity contribution in [3.63, 3.8) is 0 Å². The van der Waals surface area contributed by atoms with Crippen molar-refractivity contribution in [3.8, 4) is 11.8 Å². The van der Waals surface area contributed by atoms with E-state index in [0.717, 1.165) is 36.9 Å². The molecule has 1 atom stereocenters. The molecular weight excluding hydrogens is 724 g/mol. The number of hydrogen-bond donors (Lipinski definition) is 3. The van der Waals surface area contributed by atoms with Crippen LogP contribution in [0.15, 0.2) is 54.7 Å². The molecule has 2 aromatic carbocycles. The molecule has 0 bridgehead atoms. The minimum atomic E-state index is -1.01. The third kappa shape index (κ3) is 6.98. The predicted octanol–water partition coefficient (Wildman–Crippen LogP) is 3.85. The van der Waals surface area contributed by atoms with E-state index in [1.165, 1.54) is 0 Å². The monoisotopic (exact) mass is 766 g/mol. The summed E-state index contributed by atoms with van der Waals surface area (Å²) in [6.45, 7) is 12.5. The van der Waals surface area contributed by atoms with Crippen LogP contribution in [0, 0.1) is 22.2 Å². The number of hydrogen-bond acceptors (Lipinski definition) is 11. The Kier molecular flexibility index (Phi) is 10.0. The van der Waals surface area contributed by atoms with Gasteiger partial charge in [0.05, 0.1) is 27.3 Å². The molecule has 0 radical (unpaired) electrons. The number of benzene rings is 2. The van der Waals surface area contributed by atoms with Crippen molar-refractivity contribution < 1.29 is 28.7 Å². The Hall–Kier alpha value is -5.52. The number of carbonyl (C=O) groups excluding carboxylic acids is 5. The highest BCUT2D eigenvalue weighted by Gasteiger charge is 2.64. The van der Waals surface area contributed by atoms with Crippen LogP contribution in [0.4, 0.5) is 11.5 Å². The SMILES string of the molecule is CC1(C)C(NC(=O)c2ccc(N3CCN(CCNc4cccc5c4C(=O)N(C4CCC(=O)NC4=O)C5=O)CC3)nc2)C(C)(C)C1Oc1ccc(C#N)c(Cl)c1. The summed E-state index contributed by atoms with van der Waals surface area (Å²) in [5.74, 6) is -0.965. The zero-order valence-electron chi connectivity index (χ0n) is 31.1. The van der Waals surface area contributed by atoms with E-state index in [2.05, 4.69) is 64.5 Å². The molecule has 3 aliphatic heterocycles. The van der Waals surface area contributed by atoms with Crippen LogP contribution in [0.3, 0.4) is 0 Å². The van der Waals surface area contributed by atoms with Gasteiger partial charge in [-0.3, -0.25) is 39.1 Å². The smallest absolute Gasteiger partial charge is 0.264 e. The molecule has 4 aliphatic rings. The first-order valence-electron chi connectivity index (χ1n) is 18.4. The first-order chi connectivity index (χ1) is 26.2. The fourth-order valence-corrected chi connectivity index (χ4v) is 8.94. The third-order valence-electron chi connectivity index (χ3n) is 11.3. The van der Waals surface area contributed by atoms with Crippen LogP contribution in [0.1, 0.15) is 77.2 Å². The zero-order chi connectivity index (χ0) is 39.2. The number of rotatable bonds is 10. The lowest BCUT2D eigenvalue weighted by atomic mass is 9.49. The van der Waals surface area contributed by atoms with Gasteiger partial charge < -0.3 is 20.3 Å². The summed E-state index contributed by atoms with van der Waals surface area (Å²) in [6.07, 6.45) is 1.57. The van der Waals surface area contributed by atoms with E-state index >= 15 is 0 Å². The lowest BCUT2D eigenvalue weighted by molar-refractivity contribution is -0.164. The quantitative estimate of drug-likeness (QED) is 0.256. The number of carbonyl (C=O) groups is 5. The Labute approximate surface area is 324 Å². The Morgan fingerprint density at radius 2 is 1.76 bits per heavy atom. The number of amides is 5. The Morgan fingerprint density at radius 3 is 2.42 bits per heavy atom. The minimum absolute atomic E-state index is 0.0661. The van der Waals surface area contributed by atoms with Crippen LogP contribution in [0.2, 0.25) is 5.02 Å². The number of nitriles is 1. The van der Waals surface area contributed by atoms with E-state index in [1.54, 1.807) is 48.7 Å². The fraction of sp³-hybridized carbons (Fsp3) is 0.425. The van der Waals surface area contributed by atoms with Gasteiger partial charge in [0.1, 0.15) is 29.8 Å². The van der Waals surface area contributed by atoms with Gasteiger partial charge in [-0.2, -0.15) is 5.26 Å². The normalized spacial score (nSPS) is 23.0. The van der Waals surface area contributed by atoms with Gasteiger partial charge in [0, 0.05) is 80.5 Å². The molecule has 0 spiro atoms. The number of ether oxygens (including phenoxy) is 1. The fourth-order valence-electron chi connectivity index (χ4n) is 8.73. The number of pyridine rings is 1. The Balaban J connectivity index is 0.887. The third-order valence-corrected chi connectivity index (χ3v) is 11.7. The largest absolute Gasteiger partial charge is 0.489 e. The molecule has 3 N–H and O–H groups in total. The van der Waals surface area contributed by atoms with E-state index in [4.69, 9.17) is 16.3 Å². The van der Waals surface area contributed by atoms with Crippen molar-refractivity contribution >= 4 is 52.6 Å². The number of nitrogens with one attached hydrogen (secondary N) is 3. The molecule has 5 amide bonds. The second-order valence-corrected chi connectivity index (χ2v) is 16.0. The van der Waals surface area contributed by atoms with E-state index in [9.17, 15) is 29.2 Å². The number of nitrogens with zero attached hydrogens (tertiary/aromatic N) is 5. The van der Waals surface area contributed by atoms with E-state index < -0.39 is 40.5 Å². The number of imide groups is 2. The van der Waals surface area contributed by atoms with Crippen molar-refractivity contribution in [1.82, 2.24) is 25.4 Å². The molecule has 3 fully saturated rings. The van der Waals surface area contributed by atoms with Crippen molar-refractivity contribution in [2.45, 2.75) is 58.7 Å². The van der Waals surface area contributed by atoms with Crippen molar-refractivity contribution in [3.05, 3.63) is 82.0 Å². The lowest BCUT2D eigenvalue weighted by Crippen LogP contribution is -2.74. The van der Waals surface area contributed by atoms with Gasteiger partial charge in [-0.05, 0) is 42.8 Å². The molecule has 1 aromatic heterocycles. The second-order valence-electron chi connectivity index (χ2n) is 15.6. The summed E-state index contributed by atoms with van der Waals surface area (Å²) in [5.41, 5.74) is 1.09. The van der Waals surface area contributed by atoms with Crippen LogP contribution >= 0.6 is 11.6 Å². The van der Waals surface area contributed by atoms with E-state index in [0.29, 0.717) is 40.7 Å². The standard InChI is InChI=1S/C40H43ClN8O6/c1-39(2)37(40(3,4)38(39)55-25-10-8-23(21-42)27(41)20-25)46-33(51)24-9-12-30(44-22-24)48-18-16-47(17-19-48)15-14-43-28-7-5-6-26-32(28)36(54)49(35(26)53)29-11-13-31(50)45-34(29)52/h5-10,12,20,22,29,37-38,43H,11,13-19H2,1-4H3,(H,46,51)(H,45,50,52). The maximum atomic E-state index is 13.4. The Bertz CT molecular complexity index is 2090. The number of fused-ring (bicyclic) bond motifs is 1. The summed E-state index contributed by atoms with van der Waals surface area (Å²) in [7, 11) is 0. The van der Waals surface area contributed by atoms with Gasteiger partial charge in [-0.25, -0.2) is 4.98 Å². The lowest BCUT2D eigenvalue weighted by Gasteiger charge is -2.63. The molecule has 3 aromatic rings. The van der Waals surface area contributed by atoms with E-state index in [1.807, 2.05) is 6.07 Å². The van der Waals surface area contributed by atoms with Gasteiger partial charge in [0.15, 0.2) is 0 Å². The summed E-state index contributed by atoms with van der Waals surface area (Å²) in [6, 6.07) is 14.6. The molecule has 1 unspecified atom stereocenters. The van der Waals surface area contributed by atoms with Gasteiger partial charge >= 0.3 is 0 Å². The van der Waals surface area contributed by atoms with Gasteiger partial charge in [0.25, 0.3) is 17.7 Å². The molecule has 4 heterocycles. The molecule has 7 rings (SSSR count). The highest BCUT2D eigenvalue weighted by atomic mass is 35.5. The maximum Gasteiger partial charge on any atom is 0.264 e. The van der Waals surface area contributed by atoms with Crippen LogP contribution < -0.4 is 25.6 Å². The number of anilines is 2. The summed E-state index contributed by atoms with van der Waals surface area (Å²) in [5, 5.41) is 18.3. The molecule has 55 heavy (non-hydrogen) atoms. The first kappa shape index (κ1) is 37.8. The maximum absolute atomic E-state index is 13.4. The molecule has 1 aliphatic carbocycles. The van der Waals surface area contributed by atoms with E-state index in [-0.39, 0.29) is 42.0 Å². The molecule has 14 nitrogen and oxygen atoms in total. The topological polar surface area (TPSA) is 177 Å². The number of piperidine rings is 1. The summed E-state index contributed by atoms with van der Waals surface area (Å²) >= 11 is 6.23. The zero-order valence-corrected chi connectivity index (χ0v) is 31.9. The van der Waals surface area contributed by atoms with Gasteiger partial charge in [-0.15, -0.1) is 0 Å². The highest BCUT2D eigenvalue weighted by Crippen LogP contribution is 2.55. The van der Waals surface area contributed by atoms with Crippen molar-refractivity contribution in [2.24, 2.45) is 10.8 Å². The van der Waals surface area contributed by atoms with Crippen LogP contribution in [-0.2, 0) is 9.59 Å². The Morgan fingerprint density at radius 1 is 1.02 bits per heavy atom. The number of piperazine rings is 1. The average molecular weight is 767 g/mol. The molecular formula is C40H43ClN8O6. The molecule has 2 saturated heterocycles. The number of halogens is 1. The number of aromatic nitrogens is 1.